The van der Waals surface area contributed by atoms with Crippen molar-refractivity contribution in [2.45, 2.75) is 52.7 Å². The highest BCUT2D eigenvalue weighted by Gasteiger charge is 2.09. The molecule has 6 heteroatoms. The summed E-state index contributed by atoms with van der Waals surface area (Å²) in [5.41, 5.74) is 2.66. The molecule has 0 saturated heterocycles. The molecule has 0 unspecified atom stereocenters. The van der Waals surface area contributed by atoms with E-state index in [1.165, 1.54) is 21.0 Å². The minimum atomic E-state index is 0.527. The van der Waals surface area contributed by atoms with Gasteiger partial charge in [0.1, 0.15) is 0 Å². The number of aromatic nitrogens is 1. The number of benzene rings is 1. The van der Waals surface area contributed by atoms with Crippen molar-refractivity contribution in [3.8, 4) is 0 Å². The second-order valence-electron chi connectivity index (χ2n) is 6.95. The van der Waals surface area contributed by atoms with E-state index in [9.17, 15) is 0 Å². The van der Waals surface area contributed by atoms with E-state index in [1.807, 2.05) is 13.2 Å². The predicted octanol–water partition coefficient (Wildman–Crippen LogP) is 3.45. The number of thiazole rings is 1. The van der Waals surface area contributed by atoms with Gasteiger partial charge in [-0.15, -0.1) is 11.3 Å². The fourth-order valence-corrected chi connectivity index (χ4v) is 3.51. The van der Waals surface area contributed by atoms with Crippen molar-refractivity contribution in [1.29, 1.82) is 0 Å². The minimum absolute atomic E-state index is 0.527. The van der Waals surface area contributed by atoms with Crippen LogP contribution in [0.15, 0.2) is 35.5 Å². The van der Waals surface area contributed by atoms with Gasteiger partial charge < -0.3 is 10.6 Å². The van der Waals surface area contributed by atoms with Crippen molar-refractivity contribution < 1.29 is 0 Å². The molecule has 0 radical (unpaired) electrons. The van der Waals surface area contributed by atoms with Gasteiger partial charge in [0.2, 0.25) is 0 Å². The van der Waals surface area contributed by atoms with E-state index in [0.717, 1.165) is 38.4 Å². The SMILES string of the molecule is CCc1cnc(CCNC(=NC)NCc2ccccc2CN(C)C(C)C)s1. The van der Waals surface area contributed by atoms with E-state index in [-0.39, 0.29) is 0 Å². The zero-order valence-electron chi connectivity index (χ0n) is 17.2. The lowest BCUT2D eigenvalue weighted by atomic mass is 10.1. The largest absolute Gasteiger partial charge is 0.356 e. The highest BCUT2D eigenvalue weighted by atomic mass is 32.1. The lowest BCUT2D eigenvalue weighted by Crippen LogP contribution is -2.38. The molecule has 27 heavy (non-hydrogen) atoms. The molecule has 0 amide bonds. The summed E-state index contributed by atoms with van der Waals surface area (Å²) in [6.07, 6.45) is 3.96. The topological polar surface area (TPSA) is 52.6 Å². The highest BCUT2D eigenvalue weighted by molar-refractivity contribution is 7.11. The van der Waals surface area contributed by atoms with Crippen molar-refractivity contribution in [1.82, 2.24) is 20.5 Å². The number of aryl methyl sites for hydroxylation is 1. The number of guanidine groups is 1. The standard InChI is InChI=1S/C21H33N5S/c1-6-19-14-24-20(27-19)11-12-23-21(22-4)25-13-17-9-7-8-10-18(17)15-26(5)16(2)3/h7-10,14,16H,6,11-13,15H2,1-5H3,(H2,22,23,25). The average Bonchev–Trinajstić information content (AvgIpc) is 3.13. The Hall–Kier alpha value is -1.92. The Morgan fingerprint density at radius 1 is 1.22 bits per heavy atom. The summed E-state index contributed by atoms with van der Waals surface area (Å²) in [7, 11) is 3.98. The zero-order chi connectivity index (χ0) is 19.6. The van der Waals surface area contributed by atoms with Crippen LogP contribution in [0.3, 0.4) is 0 Å². The molecule has 0 aliphatic rings. The van der Waals surface area contributed by atoms with Crippen LogP contribution >= 0.6 is 11.3 Å². The zero-order valence-corrected chi connectivity index (χ0v) is 18.1. The number of aliphatic imine (C=N–C) groups is 1. The van der Waals surface area contributed by atoms with Crippen molar-refractivity contribution in [2.75, 3.05) is 20.6 Å². The van der Waals surface area contributed by atoms with Crippen LogP contribution < -0.4 is 10.6 Å². The molecule has 2 aromatic rings. The number of hydrogen-bond acceptors (Lipinski definition) is 4. The summed E-state index contributed by atoms with van der Waals surface area (Å²) < 4.78 is 0. The third-order valence-corrected chi connectivity index (χ3v) is 5.87. The van der Waals surface area contributed by atoms with Crippen LogP contribution in [0.5, 0.6) is 0 Å². The number of nitrogens with one attached hydrogen (secondary N) is 2. The molecule has 0 bridgehead atoms. The van der Waals surface area contributed by atoms with E-state index in [2.05, 4.69) is 77.6 Å². The van der Waals surface area contributed by atoms with Gasteiger partial charge in [-0.3, -0.25) is 9.89 Å². The number of rotatable bonds is 9. The van der Waals surface area contributed by atoms with Crippen LogP contribution in [-0.4, -0.2) is 42.5 Å². The molecule has 2 rings (SSSR count). The molecule has 0 aliphatic heterocycles. The van der Waals surface area contributed by atoms with Gasteiger partial charge in [-0.1, -0.05) is 31.2 Å². The quantitative estimate of drug-likeness (QED) is 0.511. The van der Waals surface area contributed by atoms with E-state index >= 15 is 0 Å². The maximum absolute atomic E-state index is 4.47. The fourth-order valence-electron chi connectivity index (χ4n) is 2.65. The Morgan fingerprint density at radius 2 is 1.96 bits per heavy atom. The van der Waals surface area contributed by atoms with Crippen molar-refractivity contribution in [2.24, 2.45) is 4.99 Å². The van der Waals surface area contributed by atoms with Crippen LogP contribution in [0.25, 0.3) is 0 Å². The summed E-state index contributed by atoms with van der Waals surface area (Å²) in [4.78, 5) is 12.5. The predicted molar refractivity (Wildman–Crippen MR) is 116 cm³/mol. The summed E-state index contributed by atoms with van der Waals surface area (Å²) in [6.45, 7) is 9.15. The van der Waals surface area contributed by atoms with Gasteiger partial charge in [0.15, 0.2) is 5.96 Å². The monoisotopic (exact) mass is 387 g/mol. The van der Waals surface area contributed by atoms with E-state index in [1.54, 1.807) is 11.3 Å². The van der Waals surface area contributed by atoms with Crippen LogP contribution in [0.1, 0.15) is 41.8 Å². The lowest BCUT2D eigenvalue weighted by molar-refractivity contribution is 0.265. The van der Waals surface area contributed by atoms with Crippen molar-refractivity contribution >= 4 is 17.3 Å². The maximum Gasteiger partial charge on any atom is 0.191 e. The van der Waals surface area contributed by atoms with E-state index in [0.29, 0.717) is 6.04 Å². The normalized spacial score (nSPS) is 12.0. The number of hydrogen-bond donors (Lipinski definition) is 2. The molecule has 1 aromatic carbocycles. The number of nitrogens with zero attached hydrogens (tertiary/aromatic N) is 3. The smallest absolute Gasteiger partial charge is 0.191 e. The maximum atomic E-state index is 4.47. The molecule has 0 saturated carbocycles. The Balaban J connectivity index is 1.85. The molecule has 2 N–H and O–H groups in total. The van der Waals surface area contributed by atoms with Gasteiger partial charge in [-0.05, 0) is 38.4 Å². The summed E-state index contributed by atoms with van der Waals surface area (Å²) in [6, 6.07) is 9.13. The van der Waals surface area contributed by atoms with Crippen molar-refractivity contribution in [3.63, 3.8) is 0 Å². The molecule has 0 fully saturated rings. The van der Waals surface area contributed by atoms with Crippen molar-refractivity contribution in [3.05, 3.63) is 51.5 Å². The molecule has 0 aliphatic carbocycles. The minimum Gasteiger partial charge on any atom is -0.356 e. The summed E-state index contributed by atoms with van der Waals surface area (Å²) in [5, 5.41) is 8.00. The third-order valence-electron chi connectivity index (χ3n) is 4.67. The Bertz CT molecular complexity index is 723. The van der Waals surface area contributed by atoms with Gasteiger partial charge in [0.05, 0.1) is 5.01 Å². The average molecular weight is 388 g/mol. The highest BCUT2D eigenvalue weighted by Crippen LogP contribution is 2.14. The van der Waals surface area contributed by atoms with Gasteiger partial charge in [0.25, 0.3) is 0 Å². The van der Waals surface area contributed by atoms with E-state index in [4.69, 9.17) is 0 Å². The van der Waals surface area contributed by atoms with Crippen LogP contribution in [0.4, 0.5) is 0 Å². The second-order valence-corrected chi connectivity index (χ2v) is 8.15. The summed E-state index contributed by atoms with van der Waals surface area (Å²) >= 11 is 1.80. The third kappa shape index (κ3) is 6.96. The molecular weight excluding hydrogens is 354 g/mol. The van der Waals surface area contributed by atoms with Gasteiger partial charge in [-0.2, -0.15) is 0 Å². The molecule has 5 nitrogen and oxygen atoms in total. The first-order valence-electron chi connectivity index (χ1n) is 9.68. The van der Waals surface area contributed by atoms with Crippen LogP contribution in [0, 0.1) is 0 Å². The first kappa shape index (κ1) is 21.4. The Morgan fingerprint density at radius 3 is 2.59 bits per heavy atom. The first-order chi connectivity index (χ1) is 13.0. The second kappa shape index (κ2) is 11.0. The molecule has 0 atom stereocenters. The Labute approximate surface area is 167 Å². The van der Waals surface area contributed by atoms with Crippen LogP contribution in [0.2, 0.25) is 0 Å². The van der Waals surface area contributed by atoms with Crippen LogP contribution in [-0.2, 0) is 25.9 Å². The fraction of sp³-hybridized carbons (Fsp3) is 0.524. The van der Waals surface area contributed by atoms with Gasteiger partial charge >= 0.3 is 0 Å². The molecular formula is C21H33N5S. The van der Waals surface area contributed by atoms with E-state index < -0.39 is 0 Å². The van der Waals surface area contributed by atoms with Gasteiger partial charge in [0, 0.05) is 50.2 Å². The molecule has 0 spiro atoms. The molecule has 1 aromatic heterocycles. The summed E-state index contributed by atoms with van der Waals surface area (Å²) in [5.74, 6) is 0.828. The molecule has 148 valence electrons. The van der Waals surface area contributed by atoms with Gasteiger partial charge in [-0.25, -0.2) is 4.98 Å². The first-order valence-corrected chi connectivity index (χ1v) is 10.5. The Kier molecular flexibility index (Phi) is 8.75. The molecule has 1 heterocycles. The lowest BCUT2D eigenvalue weighted by Gasteiger charge is -2.23.